The van der Waals surface area contributed by atoms with Crippen molar-refractivity contribution in [3.05, 3.63) is 22.4 Å². The molecule has 1 aromatic heterocycles. The Morgan fingerprint density at radius 3 is 2.89 bits per heavy atom. The van der Waals surface area contributed by atoms with E-state index < -0.39 is 0 Å². The van der Waals surface area contributed by atoms with Gasteiger partial charge >= 0.3 is 0 Å². The third kappa shape index (κ3) is 2.02. The number of nitrogens with one attached hydrogen (secondary N) is 1. The molecule has 2 aliphatic carbocycles. The van der Waals surface area contributed by atoms with E-state index in [-0.39, 0.29) is 5.91 Å². The van der Waals surface area contributed by atoms with E-state index in [1.54, 1.807) is 0 Å². The van der Waals surface area contributed by atoms with Gasteiger partial charge in [0, 0.05) is 11.6 Å². The van der Waals surface area contributed by atoms with Gasteiger partial charge in [-0.3, -0.25) is 4.79 Å². The third-order valence-electron chi connectivity index (χ3n) is 5.30. The Labute approximate surface area is 118 Å². The first-order valence-electron chi connectivity index (χ1n) is 6.90. The molecule has 3 atom stereocenters. The van der Waals surface area contributed by atoms with Gasteiger partial charge in [-0.05, 0) is 41.5 Å². The normalized spacial score (nSPS) is 33.8. The number of hydrazone groups is 1. The van der Waals surface area contributed by atoms with Crippen LogP contribution in [-0.4, -0.2) is 11.6 Å². The van der Waals surface area contributed by atoms with E-state index >= 15 is 0 Å². The van der Waals surface area contributed by atoms with Crippen LogP contribution in [0, 0.1) is 23.2 Å². The van der Waals surface area contributed by atoms with Crippen molar-refractivity contribution in [2.24, 2.45) is 28.3 Å². The molecular formula is C15H20N2OS. The predicted octanol–water partition coefficient (Wildman–Crippen LogP) is 3.54. The highest BCUT2D eigenvalue weighted by Crippen LogP contribution is 2.57. The van der Waals surface area contributed by atoms with Crippen LogP contribution in [0.25, 0.3) is 0 Å². The van der Waals surface area contributed by atoms with Crippen molar-refractivity contribution in [2.45, 2.75) is 33.6 Å². The smallest absolute Gasteiger partial charge is 0.266 e. The highest BCUT2D eigenvalue weighted by atomic mass is 32.1. The molecule has 3 nitrogen and oxygen atoms in total. The van der Waals surface area contributed by atoms with Crippen LogP contribution in [-0.2, 0) is 0 Å². The molecule has 0 spiro atoms. The average Bonchev–Trinajstić information content (AvgIpc) is 3.06. The van der Waals surface area contributed by atoms with Gasteiger partial charge in [0.1, 0.15) is 0 Å². The molecule has 19 heavy (non-hydrogen) atoms. The second-order valence-electron chi connectivity index (χ2n) is 6.37. The maximum atomic E-state index is 11.9. The van der Waals surface area contributed by atoms with E-state index in [0.29, 0.717) is 17.3 Å². The van der Waals surface area contributed by atoms with Gasteiger partial charge in [-0.2, -0.15) is 5.10 Å². The molecule has 102 valence electrons. The minimum absolute atomic E-state index is 0.0859. The second-order valence-corrected chi connectivity index (χ2v) is 7.32. The van der Waals surface area contributed by atoms with E-state index in [0.717, 1.165) is 17.2 Å². The molecule has 0 aliphatic heterocycles. The lowest BCUT2D eigenvalue weighted by Gasteiger charge is -2.36. The molecule has 0 aromatic carbocycles. The summed E-state index contributed by atoms with van der Waals surface area (Å²) in [4.78, 5) is 12.6. The van der Waals surface area contributed by atoms with Gasteiger partial charge in [0.25, 0.3) is 5.91 Å². The maximum Gasteiger partial charge on any atom is 0.281 e. The van der Waals surface area contributed by atoms with Crippen molar-refractivity contribution in [1.82, 2.24) is 5.43 Å². The molecule has 1 N–H and O–H groups in total. The van der Waals surface area contributed by atoms with Crippen LogP contribution < -0.4 is 5.43 Å². The molecule has 4 heteroatoms. The van der Waals surface area contributed by atoms with Crippen LogP contribution in [0.15, 0.2) is 22.6 Å². The molecule has 2 aliphatic rings. The molecular weight excluding hydrogens is 256 g/mol. The van der Waals surface area contributed by atoms with Crippen LogP contribution in [0.1, 0.15) is 43.3 Å². The fraction of sp³-hybridized carbons (Fsp3) is 0.600. The summed E-state index contributed by atoms with van der Waals surface area (Å²) in [6.45, 7) is 7.05. The summed E-state index contributed by atoms with van der Waals surface area (Å²) in [6.07, 6.45) is 2.29. The molecule has 0 saturated heterocycles. The van der Waals surface area contributed by atoms with Gasteiger partial charge in [0.15, 0.2) is 0 Å². The van der Waals surface area contributed by atoms with Crippen LogP contribution in [0.5, 0.6) is 0 Å². The molecule has 1 heterocycles. The standard InChI is InChI=1S/C15H20N2OS/c1-9-11-7-10(15(9,2)3)8-12(11)16-17-14(18)13-5-4-6-19-13/h4-6,9-11H,7-8H2,1-3H3,(H,17,18)/b16-12+/t9-,10+,11-/m0/s1. The van der Waals surface area contributed by atoms with Crippen molar-refractivity contribution in [1.29, 1.82) is 0 Å². The lowest BCUT2D eigenvalue weighted by molar-refractivity contribution is 0.0958. The van der Waals surface area contributed by atoms with Crippen LogP contribution in [0.3, 0.4) is 0 Å². The van der Waals surface area contributed by atoms with E-state index in [1.807, 2.05) is 17.5 Å². The number of thiophene rings is 1. The minimum Gasteiger partial charge on any atom is -0.266 e. The number of amides is 1. The fourth-order valence-corrected chi connectivity index (χ4v) is 4.21. The zero-order valence-electron chi connectivity index (χ0n) is 11.6. The summed E-state index contributed by atoms with van der Waals surface area (Å²) < 4.78 is 0. The van der Waals surface area contributed by atoms with Crippen molar-refractivity contribution in [3.8, 4) is 0 Å². The Hall–Kier alpha value is -1.16. The lowest BCUT2D eigenvalue weighted by atomic mass is 9.69. The van der Waals surface area contributed by atoms with Gasteiger partial charge in [-0.1, -0.05) is 26.8 Å². The highest BCUT2D eigenvalue weighted by molar-refractivity contribution is 7.12. The van der Waals surface area contributed by atoms with Gasteiger partial charge < -0.3 is 0 Å². The predicted molar refractivity (Wildman–Crippen MR) is 78.4 cm³/mol. The Morgan fingerprint density at radius 2 is 2.32 bits per heavy atom. The van der Waals surface area contributed by atoms with Gasteiger partial charge in [0.2, 0.25) is 0 Å². The fourth-order valence-electron chi connectivity index (χ4n) is 3.59. The monoisotopic (exact) mass is 276 g/mol. The first kappa shape index (κ1) is 12.9. The van der Waals surface area contributed by atoms with Crippen molar-refractivity contribution >= 4 is 23.0 Å². The zero-order valence-corrected chi connectivity index (χ0v) is 12.5. The molecule has 2 saturated carbocycles. The van der Waals surface area contributed by atoms with Crippen molar-refractivity contribution in [2.75, 3.05) is 0 Å². The zero-order chi connectivity index (χ0) is 13.6. The Morgan fingerprint density at radius 1 is 1.53 bits per heavy atom. The van der Waals surface area contributed by atoms with E-state index in [1.165, 1.54) is 23.5 Å². The average molecular weight is 276 g/mol. The topological polar surface area (TPSA) is 41.5 Å². The summed E-state index contributed by atoms with van der Waals surface area (Å²) in [7, 11) is 0. The van der Waals surface area contributed by atoms with Gasteiger partial charge in [-0.15, -0.1) is 11.3 Å². The Kier molecular flexibility index (Phi) is 3.01. The van der Waals surface area contributed by atoms with E-state index in [2.05, 4.69) is 31.3 Å². The number of nitrogens with zero attached hydrogens (tertiary/aromatic N) is 1. The largest absolute Gasteiger partial charge is 0.281 e. The second kappa shape index (κ2) is 4.44. The highest BCUT2D eigenvalue weighted by Gasteiger charge is 2.53. The minimum atomic E-state index is -0.0859. The van der Waals surface area contributed by atoms with Gasteiger partial charge in [0.05, 0.1) is 4.88 Å². The summed E-state index contributed by atoms with van der Waals surface area (Å²) in [5.41, 5.74) is 4.33. The molecule has 2 bridgehead atoms. The quantitative estimate of drug-likeness (QED) is 0.825. The SMILES string of the molecule is C[C@H]1[C@@H]2C[C@H](C/C2=N\NC(=O)c2cccs2)C1(C)C. The third-order valence-corrected chi connectivity index (χ3v) is 6.17. The van der Waals surface area contributed by atoms with Crippen molar-refractivity contribution in [3.63, 3.8) is 0 Å². The Balaban J connectivity index is 1.69. The molecule has 1 aromatic rings. The summed E-state index contributed by atoms with van der Waals surface area (Å²) in [5, 5.41) is 6.31. The molecule has 0 radical (unpaired) electrons. The number of fused-ring (bicyclic) bond motifs is 2. The number of carbonyl (C=O) groups is 1. The lowest BCUT2D eigenvalue weighted by Crippen LogP contribution is -2.34. The number of carbonyl (C=O) groups excluding carboxylic acids is 1. The van der Waals surface area contributed by atoms with E-state index in [9.17, 15) is 4.79 Å². The van der Waals surface area contributed by atoms with Gasteiger partial charge in [-0.25, -0.2) is 5.43 Å². The molecule has 3 rings (SSSR count). The number of rotatable bonds is 2. The molecule has 1 amide bonds. The first-order valence-corrected chi connectivity index (χ1v) is 7.78. The van der Waals surface area contributed by atoms with Crippen LogP contribution >= 0.6 is 11.3 Å². The molecule has 0 unspecified atom stereocenters. The summed E-state index contributed by atoms with van der Waals surface area (Å²) in [6, 6.07) is 3.71. The molecule has 2 fully saturated rings. The summed E-state index contributed by atoms with van der Waals surface area (Å²) in [5.74, 6) is 1.86. The maximum absolute atomic E-state index is 11.9. The van der Waals surface area contributed by atoms with E-state index in [4.69, 9.17) is 0 Å². The first-order chi connectivity index (χ1) is 9.00. The Bertz CT molecular complexity index is 514. The van der Waals surface area contributed by atoms with Crippen LogP contribution in [0.4, 0.5) is 0 Å². The van der Waals surface area contributed by atoms with Crippen LogP contribution in [0.2, 0.25) is 0 Å². The van der Waals surface area contributed by atoms with Crippen molar-refractivity contribution < 1.29 is 4.79 Å². The number of hydrogen-bond donors (Lipinski definition) is 1. The summed E-state index contributed by atoms with van der Waals surface area (Å²) >= 11 is 1.45. The number of hydrogen-bond acceptors (Lipinski definition) is 3.